The number of rotatable bonds is 3. The molecule has 0 amide bonds. The van der Waals surface area contributed by atoms with Crippen molar-refractivity contribution in [3.05, 3.63) is 11.7 Å². The number of hydrogen-bond acceptors (Lipinski definition) is 4. The largest absolute Gasteiger partial charge is 0.339 e. The molecule has 4 heteroatoms. The van der Waals surface area contributed by atoms with Gasteiger partial charge in [-0.2, -0.15) is 4.98 Å². The van der Waals surface area contributed by atoms with Crippen molar-refractivity contribution in [1.29, 1.82) is 0 Å². The van der Waals surface area contributed by atoms with Crippen LogP contribution in [0.25, 0.3) is 0 Å². The minimum atomic E-state index is -0.0174. The predicted octanol–water partition coefficient (Wildman–Crippen LogP) is 1.89. The Kier molecular flexibility index (Phi) is 2.11. The summed E-state index contributed by atoms with van der Waals surface area (Å²) >= 11 is 0. The predicted molar refractivity (Wildman–Crippen MR) is 60.1 cm³/mol. The van der Waals surface area contributed by atoms with Crippen LogP contribution in [-0.4, -0.2) is 16.7 Å². The molecule has 4 nitrogen and oxygen atoms in total. The smallest absolute Gasteiger partial charge is 0.234 e. The summed E-state index contributed by atoms with van der Waals surface area (Å²) in [6, 6.07) is 0. The second-order valence-electron chi connectivity index (χ2n) is 5.68. The third-order valence-electron chi connectivity index (χ3n) is 4.37. The molecule has 0 atom stereocenters. The molecule has 2 saturated carbocycles. The summed E-state index contributed by atoms with van der Waals surface area (Å²) in [5, 5.41) is 4.15. The fourth-order valence-corrected chi connectivity index (χ4v) is 2.65. The maximum atomic E-state index is 5.91. The van der Waals surface area contributed by atoms with Crippen LogP contribution < -0.4 is 5.73 Å². The summed E-state index contributed by atoms with van der Waals surface area (Å²) in [4.78, 5) is 4.61. The van der Waals surface area contributed by atoms with Gasteiger partial charge in [-0.3, -0.25) is 0 Å². The van der Waals surface area contributed by atoms with E-state index in [1.165, 1.54) is 25.7 Å². The minimum Gasteiger partial charge on any atom is -0.339 e. The normalized spacial score (nSPS) is 25.9. The maximum absolute atomic E-state index is 5.91. The van der Waals surface area contributed by atoms with Crippen LogP contribution in [0, 0.1) is 0 Å². The molecule has 1 heterocycles. The Morgan fingerprint density at radius 3 is 2.50 bits per heavy atom. The van der Waals surface area contributed by atoms with Gasteiger partial charge in [-0.1, -0.05) is 24.9 Å². The molecule has 16 heavy (non-hydrogen) atoms. The lowest BCUT2D eigenvalue weighted by molar-refractivity contribution is 0.282. The molecule has 1 aromatic heterocycles. The van der Waals surface area contributed by atoms with Gasteiger partial charge in [0.2, 0.25) is 5.89 Å². The molecular formula is C12H19N3O. The van der Waals surface area contributed by atoms with Crippen molar-refractivity contribution in [2.75, 3.05) is 6.54 Å². The van der Waals surface area contributed by atoms with Crippen molar-refractivity contribution in [3.8, 4) is 0 Å². The number of nitrogens with zero attached hydrogens (tertiary/aromatic N) is 2. The first kappa shape index (κ1) is 10.3. The van der Waals surface area contributed by atoms with E-state index in [1.54, 1.807) is 0 Å². The van der Waals surface area contributed by atoms with Crippen molar-refractivity contribution in [2.24, 2.45) is 5.73 Å². The molecule has 88 valence electrons. The van der Waals surface area contributed by atoms with E-state index in [0.717, 1.165) is 24.6 Å². The Morgan fingerprint density at radius 2 is 1.94 bits per heavy atom. The summed E-state index contributed by atoms with van der Waals surface area (Å²) in [7, 11) is 0. The molecule has 2 N–H and O–H groups in total. The molecule has 0 aromatic carbocycles. The van der Waals surface area contributed by atoms with E-state index in [4.69, 9.17) is 10.3 Å². The van der Waals surface area contributed by atoms with Gasteiger partial charge in [0.15, 0.2) is 5.82 Å². The van der Waals surface area contributed by atoms with Gasteiger partial charge in [0.25, 0.3) is 0 Å². The van der Waals surface area contributed by atoms with Crippen LogP contribution in [0.2, 0.25) is 0 Å². The van der Waals surface area contributed by atoms with Crippen molar-refractivity contribution in [2.45, 2.75) is 56.3 Å². The first-order valence-corrected chi connectivity index (χ1v) is 6.23. The standard InChI is InChI=1S/C12H19N3O/c1-11(6-7-11)9-14-10(16-15-9)12(8-13)4-2-3-5-12/h2-8,13H2,1H3. The van der Waals surface area contributed by atoms with Crippen LogP contribution in [0.15, 0.2) is 4.52 Å². The molecule has 0 aliphatic heterocycles. The van der Waals surface area contributed by atoms with Gasteiger partial charge >= 0.3 is 0 Å². The van der Waals surface area contributed by atoms with Crippen molar-refractivity contribution < 1.29 is 4.52 Å². The molecule has 2 fully saturated rings. The van der Waals surface area contributed by atoms with E-state index >= 15 is 0 Å². The van der Waals surface area contributed by atoms with E-state index in [1.807, 2.05) is 0 Å². The first-order valence-electron chi connectivity index (χ1n) is 6.23. The lowest BCUT2D eigenvalue weighted by atomic mass is 9.86. The second-order valence-corrected chi connectivity index (χ2v) is 5.68. The molecule has 1 aromatic rings. The summed E-state index contributed by atoms with van der Waals surface area (Å²) in [5.74, 6) is 1.68. The van der Waals surface area contributed by atoms with Gasteiger partial charge in [0.1, 0.15) is 0 Å². The van der Waals surface area contributed by atoms with E-state index in [2.05, 4.69) is 17.1 Å². The van der Waals surface area contributed by atoms with E-state index < -0.39 is 0 Å². The average molecular weight is 221 g/mol. The Labute approximate surface area is 95.6 Å². The molecule has 2 aliphatic rings. The zero-order chi connectivity index (χ0) is 11.2. The van der Waals surface area contributed by atoms with Gasteiger partial charge in [0.05, 0.1) is 5.41 Å². The molecule has 3 rings (SSSR count). The summed E-state index contributed by atoms with van der Waals surface area (Å²) in [5.41, 5.74) is 6.08. The summed E-state index contributed by atoms with van der Waals surface area (Å²) in [6.07, 6.45) is 7.02. The lowest BCUT2D eigenvalue weighted by Gasteiger charge is -2.21. The van der Waals surface area contributed by atoms with Crippen LogP contribution in [0.1, 0.15) is 57.2 Å². The highest BCUT2D eigenvalue weighted by atomic mass is 16.5. The fraction of sp³-hybridized carbons (Fsp3) is 0.833. The third kappa shape index (κ3) is 1.39. The van der Waals surface area contributed by atoms with Crippen LogP contribution in [0.4, 0.5) is 0 Å². The zero-order valence-electron chi connectivity index (χ0n) is 9.83. The third-order valence-corrected chi connectivity index (χ3v) is 4.37. The Balaban J connectivity index is 1.91. The van der Waals surface area contributed by atoms with Crippen LogP contribution in [0.3, 0.4) is 0 Å². The van der Waals surface area contributed by atoms with Gasteiger partial charge in [-0.15, -0.1) is 0 Å². The molecule has 0 bridgehead atoms. The lowest BCUT2D eigenvalue weighted by Crippen LogP contribution is -2.32. The topological polar surface area (TPSA) is 64.9 Å². The monoisotopic (exact) mass is 221 g/mol. The fourth-order valence-electron chi connectivity index (χ4n) is 2.65. The quantitative estimate of drug-likeness (QED) is 0.846. The van der Waals surface area contributed by atoms with Crippen molar-refractivity contribution >= 4 is 0 Å². The van der Waals surface area contributed by atoms with Crippen LogP contribution >= 0.6 is 0 Å². The van der Waals surface area contributed by atoms with Crippen molar-refractivity contribution in [3.63, 3.8) is 0 Å². The van der Waals surface area contributed by atoms with E-state index in [-0.39, 0.29) is 10.8 Å². The maximum Gasteiger partial charge on any atom is 0.234 e. The summed E-state index contributed by atoms with van der Waals surface area (Å²) < 4.78 is 5.47. The highest BCUT2D eigenvalue weighted by Crippen LogP contribution is 2.47. The highest BCUT2D eigenvalue weighted by molar-refractivity contribution is 5.17. The molecule has 0 radical (unpaired) electrons. The SMILES string of the molecule is CC1(c2noc(C3(CN)CCCC3)n2)CC1. The zero-order valence-corrected chi connectivity index (χ0v) is 9.83. The van der Waals surface area contributed by atoms with Gasteiger partial charge < -0.3 is 10.3 Å². The van der Waals surface area contributed by atoms with Gasteiger partial charge in [-0.05, 0) is 25.7 Å². The molecule has 0 saturated heterocycles. The second kappa shape index (κ2) is 3.29. The molecule has 0 unspecified atom stereocenters. The van der Waals surface area contributed by atoms with Crippen LogP contribution in [0.5, 0.6) is 0 Å². The van der Waals surface area contributed by atoms with Crippen LogP contribution in [-0.2, 0) is 10.8 Å². The van der Waals surface area contributed by atoms with E-state index in [0.29, 0.717) is 6.54 Å². The van der Waals surface area contributed by atoms with Crippen molar-refractivity contribution in [1.82, 2.24) is 10.1 Å². The Morgan fingerprint density at radius 1 is 1.25 bits per heavy atom. The summed E-state index contributed by atoms with van der Waals surface area (Å²) in [6.45, 7) is 2.83. The molecule has 2 aliphatic carbocycles. The highest BCUT2D eigenvalue weighted by Gasteiger charge is 2.46. The average Bonchev–Trinajstić information content (AvgIpc) is 2.82. The number of aromatic nitrogens is 2. The number of hydrogen-bond donors (Lipinski definition) is 1. The molecular weight excluding hydrogens is 202 g/mol. The van der Waals surface area contributed by atoms with Gasteiger partial charge in [-0.25, -0.2) is 0 Å². The Hall–Kier alpha value is -0.900. The van der Waals surface area contributed by atoms with Gasteiger partial charge in [0, 0.05) is 12.0 Å². The van der Waals surface area contributed by atoms with E-state index in [9.17, 15) is 0 Å². The minimum absolute atomic E-state index is 0.0174. The number of nitrogens with two attached hydrogens (primary N) is 1. The first-order chi connectivity index (χ1) is 7.69. The molecule has 0 spiro atoms. The Bertz CT molecular complexity index is 389.